The van der Waals surface area contributed by atoms with E-state index in [1.54, 1.807) is 17.1 Å². The maximum atomic E-state index is 5.47. The van der Waals surface area contributed by atoms with Crippen molar-refractivity contribution >= 4 is 39.8 Å². The molecular weight excluding hydrogens is 323 g/mol. The number of aromatic nitrogens is 3. The van der Waals surface area contributed by atoms with Crippen LogP contribution in [0.2, 0.25) is 0 Å². The van der Waals surface area contributed by atoms with E-state index in [1.807, 2.05) is 18.3 Å². The molecule has 2 N–H and O–H groups in total. The van der Waals surface area contributed by atoms with Gasteiger partial charge in [0.05, 0.1) is 9.77 Å². The molecule has 0 amide bonds. The lowest BCUT2D eigenvalue weighted by molar-refractivity contribution is 0.846. The van der Waals surface area contributed by atoms with Crippen LogP contribution in [0, 0.1) is 3.57 Å². The van der Waals surface area contributed by atoms with Crippen molar-refractivity contribution in [1.29, 1.82) is 0 Å². The van der Waals surface area contributed by atoms with E-state index in [2.05, 4.69) is 32.7 Å². The van der Waals surface area contributed by atoms with Gasteiger partial charge in [-0.25, -0.2) is 9.67 Å². The quantitative estimate of drug-likeness (QED) is 0.670. The minimum absolute atomic E-state index is 0.351. The van der Waals surface area contributed by atoms with Crippen LogP contribution in [0.15, 0.2) is 30.7 Å². The van der Waals surface area contributed by atoms with Crippen molar-refractivity contribution in [2.24, 2.45) is 5.73 Å². The molecule has 15 heavy (non-hydrogen) atoms. The Bertz CT molecular complexity index is 491. The average Bonchev–Trinajstić information content (AvgIpc) is 2.65. The number of thiocarbonyl (C=S) groups is 1. The SMILES string of the molecule is NC(=S)c1ccc(-n2cc(I)cn2)nc1. The number of hydrogen-bond donors (Lipinski definition) is 1. The maximum Gasteiger partial charge on any atom is 0.153 e. The van der Waals surface area contributed by atoms with Gasteiger partial charge in [0.15, 0.2) is 5.82 Å². The first-order valence-corrected chi connectivity index (χ1v) is 5.62. The van der Waals surface area contributed by atoms with Gasteiger partial charge in [-0.1, -0.05) is 12.2 Å². The molecule has 0 atom stereocenters. The zero-order chi connectivity index (χ0) is 10.8. The van der Waals surface area contributed by atoms with Crippen molar-refractivity contribution in [3.8, 4) is 5.82 Å². The third-order valence-corrected chi connectivity index (χ3v) is 2.61. The highest BCUT2D eigenvalue weighted by atomic mass is 127. The van der Waals surface area contributed by atoms with E-state index in [4.69, 9.17) is 18.0 Å². The molecule has 0 aliphatic rings. The highest BCUT2D eigenvalue weighted by molar-refractivity contribution is 14.1. The summed E-state index contributed by atoms with van der Waals surface area (Å²) in [6.07, 6.45) is 5.30. The Kier molecular flexibility index (Phi) is 2.96. The molecule has 0 saturated heterocycles. The molecule has 2 heterocycles. The predicted octanol–water partition coefficient (Wildman–Crippen LogP) is 1.51. The van der Waals surface area contributed by atoms with E-state index >= 15 is 0 Å². The number of pyridine rings is 1. The Morgan fingerprint density at radius 2 is 2.20 bits per heavy atom. The zero-order valence-corrected chi connectivity index (χ0v) is 10.6. The first-order valence-electron chi connectivity index (χ1n) is 4.13. The largest absolute Gasteiger partial charge is 0.389 e. The summed E-state index contributed by atoms with van der Waals surface area (Å²) < 4.78 is 2.76. The van der Waals surface area contributed by atoms with E-state index in [9.17, 15) is 0 Å². The van der Waals surface area contributed by atoms with Crippen molar-refractivity contribution in [3.63, 3.8) is 0 Å². The van der Waals surface area contributed by atoms with Gasteiger partial charge >= 0.3 is 0 Å². The molecule has 2 rings (SSSR count). The Labute approximate surface area is 106 Å². The summed E-state index contributed by atoms with van der Waals surface area (Å²) in [6.45, 7) is 0. The highest BCUT2D eigenvalue weighted by Crippen LogP contribution is 2.08. The molecule has 0 fully saturated rings. The first-order chi connectivity index (χ1) is 7.16. The monoisotopic (exact) mass is 330 g/mol. The summed E-state index contributed by atoms with van der Waals surface area (Å²) in [5.74, 6) is 0.748. The second-order valence-electron chi connectivity index (χ2n) is 2.87. The summed E-state index contributed by atoms with van der Waals surface area (Å²) in [5, 5.41) is 4.14. The number of hydrogen-bond acceptors (Lipinski definition) is 3. The second-order valence-corrected chi connectivity index (χ2v) is 4.56. The summed E-state index contributed by atoms with van der Waals surface area (Å²) in [7, 11) is 0. The molecule has 4 nitrogen and oxygen atoms in total. The Hall–Kier alpha value is -1.02. The minimum Gasteiger partial charge on any atom is -0.389 e. The smallest absolute Gasteiger partial charge is 0.153 e. The fourth-order valence-corrected chi connectivity index (χ4v) is 1.60. The number of halogens is 1. The Balaban J connectivity index is 2.35. The van der Waals surface area contributed by atoms with Gasteiger partial charge in [0, 0.05) is 18.0 Å². The van der Waals surface area contributed by atoms with Crippen molar-refractivity contribution in [2.75, 3.05) is 0 Å². The van der Waals surface area contributed by atoms with E-state index in [1.165, 1.54) is 0 Å². The first kappa shape index (κ1) is 10.5. The summed E-state index contributed by atoms with van der Waals surface area (Å²) in [4.78, 5) is 4.56. The van der Waals surface area contributed by atoms with Crippen LogP contribution in [0.1, 0.15) is 5.56 Å². The molecule has 76 valence electrons. The van der Waals surface area contributed by atoms with Crippen molar-refractivity contribution in [2.45, 2.75) is 0 Å². The Morgan fingerprint density at radius 3 is 2.67 bits per heavy atom. The lowest BCUT2D eigenvalue weighted by Gasteiger charge is -2.01. The van der Waals surface area contributed by atoms with Gasteiger partial charge in [-0.15, -0.1) is 0 Å². The Morgan fingerprint density at radius 1 is 1.40 bits per heavy atom. The van der Waals surface area contributed by atoms with Crippen LogP contribution in [0.5, 0.6) is 0 Å². The molecule has 0 bridgehead atoms. The molecule has 0 aromatic carbocycles. The molecule has 0 aliphatic heterocycles. The maximum absolute atomic E-state index is 5.47. The molecule has 0 aliphatic carbocycles. The minimum atomic E-state index is 0.351. The van der Waals surface area contributed by atoms with Crippen molar-refractivity contribution in [3.05, 3.63) is 39.9 Å². The van der Waals surface area contributed by atoms with Gasteiger partial charge in [0.1, 0.15) is 4.99 Å². The lowest BCUT2D eigenvalue weighted by Crippen LogP contribution is -2.10. The van der Waals surface area contributed by atoms with Gasteiger partial charge < -0.3 is 5.73 Å². The fourth-order valence-electron chi connectivity index (χ4n) is 1.09. The van der Waals surface area contributed by atoms with Crippen LogP contribution in [0.4, 0.5) is 0 Å². The molecule has 0 unspecified atom stereocenters. The normalized spacial score (nSPS) is 10.2. The fraction of sp³-hybridized carbons (Fsp3) is 0. The number of nitrogens with zero attached hydrogens (tertiary/aromatic N) is 3. The summed E-state index contributed by atoms with van der Waals surface area (Å²) in [6, 6.07) is 3.66. The third kappa shape index (κ3) is 2.32. The standard InChI is InChI=1S/C9H7IN4S/c10-7-4-13-14(5-7)8-2-1-6(3-12-8)9(11)15/h1-5H,(H2,11,15). The predicted molar refractivity (Wildman–Crippen MR) is 70.0 cm³/mol. The topological polar surface area (TPSA) is 56.7 Å². The van der Waals surface area contributed by atoms with E-state index in [0.717, 1.165) is 15.0 Å². The molecule has 2 aromatic heterocycles. The molecule has 0 spiro atoms. The summed E-state index contributed by atoms with van der Waals surface area (Å²) in [5.41, 5.74) is 6.23. The van der Waals surface area contributed by atoms with Crippen LogP contribution < -0.4 is 5.73 Å². The van der Waals surface area contributed by atoms with Crippen LogP contribution in [0.3, 0.4) is 0 Å². The molecule has 0 radical (unpaired) electrons. The highest BCUT2D eigenvalue weighted by Gasteiger charge is 2.01. The van der Waals surface area contributed by atoms with Gasteiger partial charge in [0.25, 0.3) is 0 Å². The van der Waals surface area contributed by atoms with Gasteiger partial charge in [-0.3, -0.25) is 0 Å². The number of nitrogens with two attached hydrogens (primary N) is 1. The molecule has 0 saturated carbocycles. The molecule has 2 aromatic rings. The summed E-state index contributed by atoms with van der Waals surface area (Å²) >= 11 is 7.03. The van der Waals surface area contributed by atoms with Gasteiger partial charge in [-0.2, -0.15) is 5.10 Å². The molecule has 6 heteroatoms. The van der Waals surface area contributed by atoms with Crippen LogP contribution >= 0.6 is 34.8 Å². The van der Waals surface area contributed by atoms with Gasteiger partial charge in [0.2, 0.25) is 0 Å². The average molecular weight is 330 g/mol. The number of rotatable bonds is 2. The lowest BCUT2D eigenvalue weighted by atomic mass is 10.3. The second kappa shape index (κ2) is 4.23. The van der Waals surface area contributed by atoms with Crippen molar-refractivity contribution < 1.29 is 0 Å². The molecular formula is C9H7IN4S. The van der Waals surface area contributed by atoms with Crippen LogP contribution in [-0.2, 0) is 0 Å². The zero-order valence-electron chi connectivity index (χ0n) is 7.59. The van der Waals surface area contributed by atoms with E-state index in [0.29, 0.717) is 4.99 Å². The van der Waals surface area contributed by atoms with E-state index < -0.39 is 0 Å². The van der Waals surface area contributed by atoms with Crippen LogP contribution in [-0.4, -0.2) is 19.8 Å². The van der Waals surface area contributed by atoms with Crippen molar-refractivity contribution in [1.82, 2.24) is 14.8 Å². The van der Waals surface area contributed by atoms with Crippen LogP contribution in [0.25, 0.3) is 5.82 Å². The van der Waals surface area contributed by atoms with Gasteiger partial charge in [-0.05, 0) is 34.7 Å². The third-order valence-electron chi connectivity index (χ3n) is 1.82. The van der Waals surface area contributed by atoms with E-state index in [-0.39, 0.29) is 0 Å².